The Bertz CT molecular complexity index is 276. The third kappa shape index (κ3) is 1.46. The fraction of sp³-hybridized carbons (Fsp3) is 0.222. The molecule has 0 spiro atoms. The molecule has 0 aromatic heterocycles. The number of hydrogen-bond donors (Lipinski definition) is 2. The molecule has 0 aromatic carbocycles. The number of aliphatic carboxylic acids is 1. The predicted octanol–water partition coefficient (Wildman–Crippen LogP) is 0.711. The summed E-state index contributed by atoms with van der Waals surface area (Å²) in [5.41, 5.74) is 1.11. The lowest BCUT2D eigenvalue weighted by Gasteiger charge is -2.19. The number of likely N-dealkylation sites (N-methyl/N-ethyl adjacent to an activating group) is 1. The van der Waals surface area contributed by atoms with Gasteiger partial charge in [0.05, 0.1) is 11.6 Å². The summed E-state index contributed by atoms with van der Waals surface area (Å²) >= 11 is 0. The zero-order chi connectivity index (χ0) is 9.14. The van der Waals surface area contributed by atoms with Gasteiger partial charge in [0.25, 0.3) is 0 Å². The average molecular weight is 165 g/mol. The molecule has 0 bridgehead atoms. The van der Waals surface area contributed by atoms with Crippen molar-refractivity contribution in [1.82, 2.24) is 5.32 Å². The molecule has 0 saturated heterocycles. The van der Waals surface area contributed by atoms with Crippen molar-refractivity contribution in [1.29, 1.82) is 0 Å². The van der Waals surface area contributed by atoms with Crippen LogP contribution in [0.2, 0.25) is 0 Å². The van der Waals surface area contributed by atoms with Crippen molar-refractivity contribution >= 4 is 5.97 Å². The van der Waals surface area contributed by atoms with Crippen LogP contribution in [0.15, 0.2) is 36.0 Å². The summed E-state index contributed by atoms with van der Waals surface area (Å²) in [7, 11) is 1.71. The van der Waals surface area contributed by atoms with E-state index >= 15 is 0 Å². The molecule has 0 saturated carbocycles. The van der Waals surface area contributed by atoms with Gasteiger partial charge in [-0.15, -0.1) is 0 Å². The number of carbonyl (C=O) groups is 1. The lowest BCUT2D eigenvalue weighted by atomic mass is 9.95. The highest BCUT2D eigenvalue weighted by Gasteiger charge is 2.21. The summed E-state index contributed by atoms with van der Waals surface area (Å²) in [6.07, 6.45) is 5.07. The molecule has 64 valence electrons. The van der Waals surface area contributed by atoms with Crippen LogP contribution in [0.5, 0.6) is 0 Å². The van der Waals surface area contributed by atoms with Gasteiger partial charge < -0.3 is 10.4 Å². The summed E-state index contributed by atoms with van der Waals surface area (Å²) in [5.74, 6) is -0.903. The molecule has 0 fully saturated rings. The summed E-state index contributed by atoms with van der Waals surface area (Å²) in [6.45, 7) is 3.75. The first-order valence-electron chi connectivity index (χ1n) is 3.64. The van der Waals surface area contributed by atoms with Crippen molar-refractivity contribution in [3.63, 3.8) is 0 Å². The maximum absolute atomic E-state index is 10.7. The molecule has 1 atom stereocenters. The number of carboxylic acid groups (broad SMARTS) is 1. The van der Waals surface area contributed by atoms with Crippen molar-refractivity contribution in [2.24, 2.45) is 0 Å². The SMILES string of the molecule is C=C1C=CC=C(C(=O)O)C1NC. The minimum atomic E-state index is -0.903. The van der Waals surface area contributed by atoms with Crippen LogP contribution in [-0.4, -0.2) is 24.2 Å². The fourth-order valence-electron chi connectivity index (χ4n) is 1.20. The molecular formula is C9H11NO2. The van der Waals surface area contributed by atoms with Crippen LogP contribution in [0.3, 0.4) is 0 Å². The molecule has 0 aliphatic heterocycles. The second-order valence-corrected chi connectivity index (χ2v) is 2.58. The van der Waals surface area contributed by atoms with Gasteiger partial charge in [0.15, 0.2) is 0 Å². The van der Waals surface area contributed by atoms with E-state index in [-0.39, 0.29) is 6.04 Å². The second kappa shape index (κ2) is 3.36. The zero-order valence-electron chi connectivity index (χ0n) is 6.87. The lowest BCUT2D eigenvalue weighted by Crippen LogP contribution is -2.33. The predicted molar refractivity (Wildman–Crippen MR) is 46.8 cm³/mol. The van der Waals surface area contributed by atoms with Crippen LogP contribution in [0, 0.1) is 0 Å². The van der Waals surface area contributed by atoms with Crippen LogP contribution in [-0.2, 0) is 4.79 Å². The molecule has 1 unspecified atom stereocenters. The highest BCUT2D eigenvalue weighted by molar-refractivity contribution is 5.90. The van der Waals surface area contributed by atoms with Crippen LogP contribution in [0.25, 0.3) is 0 Å². The van der Waals surface area contributed by atoms with Gasteiger partial charge in [-0.2, -0.15) is 0 Å². The molecular weight excluding hydrogens is 154 g/mol. The molecule has 0 aromatic rings. The van der Waals surface area contributed by atoms with Crippen molar-refractivity contribution < 1.29 is 9.90 Å². The summed E-state index contributed by atoms with van der Waals surface area (Å²) < 4.78 is 0. The molecule has 2 N–H and O–H groups in total. The van der Waals surface area contributed by atoms with Gasteiger partial charge in [-0.05, 0) is 18.7 Å². The lowest BCUT2D eigenvalue weighted by molar-refractivity contribution is -0.132. The second-order valence-electron chi connectivity index (χ2n) is 2.58. The smallest absolute Gasteiger partial charge is 0.333 e. The van der Waals surface area contributed by atoms with Gasteiger partial charge in [0.1, 0.15) is 0 Å². The maximum atomic E-state index is 10.7. The highest BCUT2D eigenvalue weighted by atomic mass is 16.4. The molecule has 1 aliphatic rings. The minimum absolute atomic E-state index is 0.257. The molecule has 0 amide bonds. The molecule has 12 heavy (non-hydrogen) atoms. The van der Waals surface area contributed by atoms with Crippen LogP contribution < -0.4 is 5.32 Å². The Morgan fingerprint density at radius 2 is 2.42 bits per heavy atom. The van der Waals surface area contributed by atoms with E-state index in [1.165, 1.54) is 0 Å². The number of hydrogen-bond acceptors (Lipinski definition) is 2. The first-order valence-corrected chi connectivity index (χ1v) is 3.64. The standard InChI is InChI=1S/C9H11NO2/c1-6-4-3-5-7(9(11)12)8(6)10-2/h3-5,8,10H,1H2,2H3,(H,11,12). The normalized spacial score (nSPS) is 22.2. The molecule has 3 heteroatoms. The number of carboxylic acids is 1. The fourth-order valence-corrected chi connectivity index (χ4v) is 1.20. The van der Waals surface area contributed by atoms with E-state index in [4.69, 9.17) is 5.11 Å². The van der Waals surface area contributed by atoms with Gasteiger partial charge in [-0.3, -0.25) is 0 Å². The van der Waals surface area contributed by atoms with E-state index in [1.807, 2.05) is 0 Å². The molecule has 1 rings (SSSR count). The van der Waals surface area contributed by atoms with E-state index in [2.05, 4.69) is 11.9 Å². The summed E-state index contributed by atoms with van der Waals surface area (Å²) in [4.78, 5) is 10.7. The average Bonchev–Trinajstić information content (AvgIpc) is 2.03. The van der Waals surface area contributed by atoms with Gasteiger partial charge in [-0.25, -0.2) is 4.79 Å². The number of rotatable bonds is 2. The van der Waals surface area contributed by atoms with Crippen LogP contribution >= 0.6 is 0 Å². The van der Waals surface area contributed by atoms with E-state index < -0.39 is 5.97 Å². The largest absolute Gasteiger partial charge is 0.478 e. The van der Waals surface area contributed by atoms with E-state index in [0.717, 1.165) is 5.57 Å². The Hall–Kier alpha value is -1.35. The van der Waals surface area contributed by atoms with Gasteiger partial charge in [0.2, 0.25) is 0 Å². The minimum Gasteiger partial charge on any atom is -0.478 e. The third-order valence-corrected chi connectivity index (χ3v) is 1.80. The van der Waals surface area contributed by atoms with E-state index in [1.54, 1.807) is 25.3 Å². The van der Waals surface area contributed by atoms with E-state index in [9.17, 15) is 4.79 Å². The number of allylic oxidation sites excluding steroid dienone is 2. The quantitative estimate of drug-likeness (QED) is 0.633. The molecule has 3 nitrogen and oxygen atoms in total. The van der Waals surface area contributed by atoms with E-state index in [0.29, 0.717) is 5.57 Å². The zero-order valence-corrected chi connectivity index (χ0v) is 6.87. The van der Waals surface area contributed by atoms with Crippen molar-refractivity contribution in [3.05, 3.63) is 36.0 Å². The van der Waals surface area contributed by atoms with Crippen molar-refractivity contribution in [2.45, 2.75) is 6.04 Å². The monoisotopic (exact) mass is 165 g/mol. The highest BCUT2D eigenvalue weighted by Crippen LogP contribution is 2.16. The Morgan fingerprint density at radius 1 is 1.75 bits per heavy atom. The molecule has 0 radical (unpaired) electrons. The van der Waals surface area contributed by atoms with Crippen LogP contribution in [0.4, 0.5) is 0 Å². The Labute approximate surface area is 71.1 Å². The Morgan fingerprint density at radius 3 is 2.83 bits per heavy atom. The van der Waals surface area contributed by atoms with Gasteiger partial charge in [-0.1, -0.05) is 18.7 Å². The topological polar surface area (TPSA) is 49.3 Å². The van der Waals surface area contributed by atoms with Crippen LogP contribution in [0.1, 0.15) is 0 Å². The van der Waals surface area contributed by atoms with Crippen molar-refractivity contribution in [2.75, 3.05) is 7.05 Å². The molecule has 0 heterocycles. The first-order chi connectivity index (χ1) is 5.66. The summed E-state index contributed by atoms with van der Waals surface area (Å²) in [6, 6.07) is -0.257. The first kappa shape index (κ1) is 8.74. The summed E-state index contributed by atoms with van der Waals surface area (Å²) in [5, 5.41) is 11.7. The number of nitrogens with one attached hydrogen (secondary N) is 1. The van der Waals surface area contributed by atoms with Gasteiger partial charge >= 0.3 is 5.97 Å². The van der Waals surface area contributed by atoms with Gasteiger partial charge in [0, 0.05) is 0 Å². The Kier molecular flexibility index (Phi) is 2.45. The molecule has 1 aliphatic carbocycles. The third-order valence-electron chi connectivity index (χ3n) is 1.80. The van der Waals surface area contributed by atoms with Crippen molar-refractivity contribution in [3.8, 4) is 0 Å². The maximum Gasteiger partial charge on any atom is 0.333 e. The Balaban J connectivity index is 2.96.